The van der Waals surface area contributed by atoms with Gasteiger partial charge in [-0.1, -0.05) is 59.1 Å². The van der Waals surface area contributed by atoms with Crippen molar-refractivity contribution < 1.29 is 0 Å². The lowest BCUT2D eigenvalue weighted by Crippen LogP contribution is -1.83. The number of halogens is 3. The summed E-state index contributed by atoms with van der Waals surface area (Å²) in [5.41, 5.74) is 2.05. The first-order valence-electron chi connectivity index (χ1n) is 5.79. The van der Waals surface area contributed by atoms with Crippen LogP contribution in [-0.2, 0) is 0 Å². The summed E-state index contributed by atoms with van der Waals surface area (Å²) in [4.78, 5) is 0. The molecular weight excluding hydrogens is 299 g/mol. The van der Waals surface area contributed by atoms with Gasteiger partial charge in [-0.25, -0.2) is 0 Å². The van der Waals surface area contributed by atoms with Gasteiger partial charge in [0.2, 0.25) is 0 Å². The van der Waals surface area contributed by atoms with Crippen molar-refractivity contribution in [2.75, 3.05) is 0 Å². The van der Waals surface area contributed by atoms with E-state index in [2.05, 4.69) is 0 Å². The second-order valence-electron chi connectivity index (χ2n) is 4.29. The zero-order chi connectivity index (χ0) is 13.4. The Balaban J connectivity index is 2.32. The summed E-state index contributed by atoms with van der Waals surface area (Å²) in [5.74, 6) is 0. The van der Waals surface area contributed by atoms with Crippen molar-refractivity contribution >= 4 is 45.6 Å². The molecule has 94 valence electrons. The maximum absolute atomic E-state index is 6.35. The van der Waals surface area contributed by atoms with E-state index in [4.69, 9.17) is 34.8 Å². The highest BCUT2D eigenvalue weighted by Gasteiger charge is 2.09. The van der Waals surface area contributed by atoms with Gasteiger partial charge in [-0.15, -0.1) is 0 Å². The zero-order valence-electron chi connectivity index (χ0n) is 9.83. The van der Waals surface area contributed by atoms with Gasteiger partial charge in [-0.05, 0) is 46.7 Å². The molecule has 0 amide bonds. The molecule has 0 nitrogen and oxygen atoms in total. The molecule has 0 aromatic heterocycles. The summed E-state index contributed by atoms with van der Waals surface area (Å²) >= 11 is 18.3. The summed E-state index contributed by atoms with van der Waals surface area (Å²) in [6, 6.07) is 17.3. The Hall–Kier alpha value is -1.21. The molecule has 0 heterocycles. The van der Waals surface area contributed by atoms with Crippen molar-refractivity contribution in [1.82, 2.24) is 0 Å². The van der Waals surface area contributed by atoms with Gasteiger partial charge in [0.1, 0.15) is 0 Å². The van der Waals surface area contributed by atoms with Crippen molar-refractivity contribution in [3.05, 3.63) is 69.7 Å². The van der Waals surface area contributed by atoms with Gasteiger partial charge in [0.15, 0.2) is 0 Å². The summed E-state index contributed by atoms with van der Waals surface area (Å²) in [6.45, 7) is 0. The normalized spacial score (nSPS) is 10.9. The fraction of sp³-hybridized carbons (Fsp3) is 0. The molecule has 0 unspecified atom stereocenters. The predicted molar refractivity (Wildman–Crippen MR) is 84.4 cm³/mol. The van der Waals surface area contributed by atoms with Crippen LogP contribution in [0.1, 0.15) is 0 Å². The molecule has 0 fully saturated rings. The minimum atomic E-state index is 0.711. The van der Waals surface area contributed by atoms with E-state index in [0.717, 1.165) is 31.9 Å². The lowest BCUT2D eigenvalue weighted by atomic mass is 9.98. The van der Waals surface area contributed by atoms with E-state index < -0.39 is 0 Å². The first kappa shape index (κ1) is 12.8. The van der Waals surface area contributed by atoms with Crippen molar-refractivity contribution in [2.24, 2.45) is 0 Å². The zero-order valence-corrected chi connectivity index (χ0v) is 12.1. The molecule has 0 aliphatic heterocycles. The Kier molecular flexibility index (Phi) is 3.40. The van der Waals surface area contributed by atoms with Gasteiger partial charge in [-0.2, -0.15) is 0 Å². The third kappa shape index (κ3) is 2.44. The predicted octanol–water partition coefficient (Wildman–Crippen LogP) is 6.47. The molecule has 0 bridgehead atoms. The van der Waals surface area contributed by atoms with Crippen molar-refractivity contribution in [3.8, 4) is 11.1 Å². The van der Waals surface area contributed by atoms with Crippen LogP contribution in [0.3, 0.4) is 0 Å². The largest absolute Gasteiger partial charge is 0.0843 e. The van der Waals surface area contributed by atoms with E-state index in [9.17, 15) is 0 Å². The molecule has 0 aliphatic rings. The second kappa shape index (κ2) is 5.05. The number of hydrogen-bond acceptors (Lipinski definition) is 0. The molecule has 0 atom stereocenters. The first-order chi connectivity index (χ1) is 9.15. The fourth-order valence-corrected chi connectivity index (χ4v) is 2.76. The highest BCUT2D eigenvalue weighted by Crippen LogP contribution is 2.36. The monoisotopic (exact) mass is 306 g/mol. The Labute approximate surface area is 126 Å². The van der Waals surface area contributed by atoms with Crippen LogP contribution in [0.5, 0.6) is 0 Å². The first-order valence-corrected chi connectivity index (χ1v) is 6.92. The fourth-order valence-electron chi connectivity index (χ4n) is 2.18. The van der Waals surface area contributed by atoms with Gasteiger partial charge >= 0.3 is 0 Å². The van der Waals surface area contributed by atoms with E-state index >= 15 is 0 Å². The molecule has 3 aromatic carbocycles. The molecule has 3 rings (SSSR count). The Morgan fingerprint density at radius 2 is 1.32 bits per heavy atom. The maximum Gasteiger partial charge on any atom is 0.0490 e. The van der Waals surface area contributed by atoms with Gasteiger partial charge in [0.25, 0.3) is 0 Å². The van der Waals surface area contributed by atoms with Gasteiger partial charge < -0.3 is 0 Å². The molecule has 0 aliphatic carbocycles. The standard InChI is InChI=1S/C16H9Cl3/c17-12-4-1-10(2-5-12)16-14-7-6-13(18)9-11(14)3-8-15(16)19/h1-9H. The summed E-state index contributed by atoms with van der Waals surface area (Å²) in [6.07, 6.45) is 0. The van der Waals surface area contributed by atoms with Crippen LogP contribution in [0.4, 0.5) is 0 Å². The van der Waals surface area contributed by atoms with E-state index in [1.165, 1.54) is 0 Å². The molecule has 0 saturated heterocycles. The lowest BCUT2D eigenvalue weighted by molar-refractivity contribution is 1.65. The number of hydrogen-bond donors (Lipinski definition) is 0. The molecule has 0 N–H and O–H groups in total. The Bertz CT molecular complexity index is 746. The molecular formula is C16H9Cl3. The number of benzene rings is 3. The van der Waals surface area contributed by atoms with Crippen LogP contribution in [0.2, 0.25) is 15.1 Å². The topological polar surface area (TPSA) is 0 Å². The molecule has 0 spiro atoms. The lowest BCUT2D eigenvalue weighted by Gasteiger charge is -2.10. The molecule has 0 saturated carbocycles. The third-order valence-corrected chi connectivity index (χ3v) is 3.87. The Morgan fingerprint density at radius 1 is 0.632 bits per heavy atom. The second-order valence-corrected chi connectivity index (χ2v) is 5.57. The molecule has 3 aromatic rings. The Morgan fingerprint density at radius 3 is 2.05 bits per heavy atom. The highest BCUT2D eigenvalue weighted by atomic mass is 35.5. The minimum Gasteiger partial charge on any atom is -0.0843 e. The van der Waals surface area contributed by atoms with Crippen molar-refractivity contribution in [3.63, 3.8) is 0 Å². The summed E-state index contributed by atoms with van der Waals surface area (Å²) in [7, 11) is 0. The van der Waals surface area contributed by atoms with Crippen LogP contribution in [0.25, 0.3) is 21.9 Å². The van der Waals surface area contributed by atoms with Gasteiger partial charge in [0, 0.05) is 20.6 Å². The summed E-state index contributed by atoms with van der Waals surface area (Å²) in [5, 5.41) is 4.30. The van der Waals surface area contributed by atoms with E-state index in [1.54, 1.807) is 0 Å². The summed E-state index contributed by atoms with van der Waals surface area (Å²) < 4.78 is 0. The quantitative estimate of drug-likeness (QED) is 0.483. The van der Waals surface area contributed by atoms with Gasteiger partial charge in [0.05, 0.1) is 0 Å². The van der Waals surface area contributed by atoms with E-state index in [0.29, 0.717) is 5.02 Å². The van der Waals surface area contributed by atoms with Crippen molar-refractivity contribution in [2.45, 2.75) is 0 Å². The average Bonchev–Trinajstić information content (AvgIpc) is 2.40. The van der Waals surface area contributed by atoms with E-state index in [-0.39, 0.29) is 0 Å². The molecule has 19 heavy (non-hydrogen) atoms. The smallest absolute Gasteiger partial charge is 0.0490 e. The van der Waals surface area contributed by atoms with Crippen LogP contribution >= 0.6 is 34.8 Å². The van der Waals surface area contributed by atoms with E-state index in [1.807, 2.05) is 54.6 Å². The van der Waals surface area contributed by atoms with Gasteiger partial charge in [-0.3, -0.25) is 0 Å². The third-order valence-electron chi connectivity index (χ3n) is 3.06. The molecule has 0 radical (unpaired) electrons. The number of rotatable bonds is 1. The van der Waals surface area contributed by atoms with Crippen LogP contribution in [0.15, 0.2) is 54.6 Å². The average molecular weight is 308 g/mol. The number of fused-ring (bicyclic) bond motifs is 1. The van der Waals surface area contributed by atoms with Crippen LogP contribution in [-0.4, -0.2) is 0 Å². The van der Waals surface area contributed by atoms with Crippen molar-refractivity contribution in [1.29, 1.82) is 0 Å². The minimum absolute atomic E-state index is 0.711. The SMILES string of the molecule is Clc1ccc(-c2c(Cl)ccc3cc(Cl)ccc23)cc1. The van der Waals surface area contributed by atoms with Crippen LogP contribution in [0, 0.1) is 0 Å². The maximum atomic E-state index is 6.35. The molecule has 3 heteroatoms. The van der Waals surface area contributed by atoms with Crippen LogP contribution < -0.4 is 0 Å². The highest BCUT2D eigenvalue weighted by molar-refractivity contribution is 6.36.